The van der Waals surface area contributed by atoms with Crippen molar-refractivity contribution in [3.63, 3.8) is 0 Å². The number of aromatic nitrogens is 1. The standard InChI is InChI=1S/C14H17N3OS/c1-3-8-16-14(2,9-15)10-19-13-17-11-6-4-5-7-12(11)18-13/h4-7,16H,3,8,10H2,1-2H3. The first kappa shape index (κ1) is 13.9. The van der Waals surface area contributed by atoms with Gasteiger partial charge in [-0.2, -0.15) is 5.26 Å². The van der Waals surface area contributed by atoms with Crippen LogP contribution in [0.15, 0.2) is 33.9 Å². The lowest BCUT2D eigenvalue weighted by atomic mass is 10.1. The van der Waals surface area contributed by atoms with E-state index in [1.807, 2.05) is 31.2 Å². The van der Waals surface area contributed by atoms with Crippen LogP contribution in [0.1, 0.15) is 20.3 Å². The molecule has 5 heteroatoms. The normalized spacial score (nSPS) is 14.2. The molecule has 1 N–H and O–H groups in total. The van der Waals surface area contributed by atoms with E-state index in [0.717, 1.165) is 24.1 Å². The average Bonchev–Trinajstić information content (AvgIpc) is 2.86. The molecule has 0 aliphatic rings. The summed E-state index contributed by atoms with van der Waals surface area (Å²) in [6.07, 6.45) is 1.00. The Hall–Kier alpha value is -1.51. The second-order valence-corrected chi connectivity index (χ2v) is 5.53. The lowest BCUT2D eigenvalue weighted by molar-refractivity contribution is 0.475. The summed E-state index contributed by atoms with van der Waals surface area (Å²) < 4.78 is 5.63. The third-order valence-corrected chi connectivity index (χ3v) is 3.91. The molecule has 0 aliphatic heterocycles. The van der Waals surface area contributed by atoms with Crippen LogP contribution in [0.25, 0.3) is 11.1 Å². The van der Waals surface area contributed by atoms with E-state index >= 15 is 0 Å². The number of hydrogen-bond acceptors (Lipinski definition) is 5. The van der Waals surface area contributed by atoms with Gasteiger partial charge >= 0.3 is 0 Å². The first-order valence-corrected chi connectivity index (χ1v) is 7.30. The number of benzene rings is 1. The molecule has 100 valence electrons. The molecule has 0 fully saturated rings. The van der Waals surface area contributed by atoms with Crippen LogP contribution in [0.4, 0.5) is 0 Å². The molecule has 4 nitrogen and oxygen atoms in total. The van der Waals surface area contributed by atoms with E-state index in [-0.39, 0.29) is 0 Å². The average molecular weight is 275 g/mol. The van der Waals surface area contributed by atoms with Crippen molar-refractivity contribution in [1.82, 2.24) is 10.3 Å². The van der Waals surface area contributed by atoms with Gasteiger partial charge in [0.2, 0.25) is 0 Å². The van der Waals surface area contributed by atoms with E-state index in [0.29, 0.717) is 11.0 Å². The Bertz CT molecular complexity index is 557. The molecule has 1 unspecified atom stereocenters. The monoisotopic (exact) mass is 275 g/mol. The van der Waals surface area contributed by atoms with Crippen LogP contribution in [0.2, 0.25) is 0 Å². The lowest BCUT2D eigenvalue weighted by Crippen LogP contribution is -2.43. The van der Waals surface area contributed by atoms with Crippen molar-refractivity contribution < 1.29 is 4.42 Å². The fourth-order valence-corrected chi connectivity index (χ4v) is 2.53. The molecule has 0 amide bonds. The van der Waals surface area contributed by atoms with Crippen molar-refractivity contribution in [1.29, 1.82) is 5.26 Å². The molecule has 2 rings (SSSR count). The number of nitrogens with zero attached hydrogens (tertiary/aromatic N) is 2. The maximum atomic E-state index is 9.25. The number of nitriles is 1. The van der Waals surface area contributed by atoms with Gasteiger partial charge in [0.1, 0.15) is 11.1 Å². The summed E-state index contributed by atoms with van der Waals surface area (Å²) in [5, 5.41) is 13.1. The van der Waals surface area contributed by atoms with Crippen molar-refractivity contribution in [2.45, 2.75) is 31.0 Å². The van der Waals surface area contributed by atoms with Crippen LogP contribution in [0.5, 0.6) is 0 Å². The third-order valence-electron chi connectivity index (χ3n) is 2.77. The Kier molecular flexibility index (Phi) is 4.46. The molecule has 0 aliphatic carbocycles. The minimum Gasteiger partial charge on any atom is -0.431 e. The molecule has 2 aromatic rings. The van der Waals surface area contributed by atoms with Gasteiger partial charge in [-0.25, -0.2) is 4.98 Å². The molecule has 0 bridgehead atoms. The lowest BCUT2D eigenvalue weighted by Gasteiger charge is -2.21. The van der Waals surface area contributed by atoms with Crippen molar-refractivity contribution in [3.05, 3.63) is 24.3 Å². The summed E-state index contributed by atoms with van der Waals surface area (Å²) in [7, 11) is 0. The first-order chi connectivity index (χ1) is 9.17. The maximum Gasteiger partial charge on any atom is 0.256 e. The highest BCUT2D eigenvalue weighted by Gasteiger charge is 2.24. The van der Waals surface area contributed by atoms with Crippen LogP contribution in [0.3, 0.4) is 0 Å². The Morgan fingerprint density at radius 3 is 2.95 bits per heavy atom. The van der Waals surface area contributed by atoms with Gasteiger partial charge < -0.3 is 4.42 Å². The fraction of sp³-hybridized carbons (Fsp3) is 0.429. The summed E-state index contributed by atoms with van der Waals surface area (Å²) in [5.74, 6) is 0.607. The number of fused-ring (bicyclic) bond motifs is 1. The topological polar surface area (TPSA) is 61.9 Å². The molecule has 1 aromatic heterocycles. The van der Waals surface area contributed by atoms with Crippen LogP contribution in [0, 0.1) is 11.3 Å². The summed E-state index contributed by atoms with van der Waals surface area (Å²) in [6.45, 7) is 4.81. The van der Waals surface area contributed by atoms with Gasteiger partial charge in [0.05, 0.1) is 6.07 Å². The Labute approximate surface area is 117 Å². The van der Waals surface area contributed by atoms with E-state index in [2.05, 4.69) is 23.3 Å². The molecule has 19 heavy (non-hydrogen) atoms. The number of hydrogen-bond donors (Lipinski definition) is 1. The smallest absolute Gasteiger partial charge is 0.256 e. The summed E-state index contributed by atoms with van der Waals surface area (Å²) in [5.41, 5.74) is 1.08. The first-order valence-electron chi connectivity index (χ1n) is 6.31. The number of thioether (sulfide) groups is 1. The zero-order valence-corrected chi connectivity index (χ0v) is 12.0. The van der Waals surface area contributed by atoms with Crippen LogP contribution >= 0.6 is 11.8 Å². The predicted molar refractivity (Wildman–Crippen MR) is 77.0 cm³/mol. The van der Waals surface area contributed by atoms with E-state index in [1.165, 1.54) is 11.8 Å². The Balaban J connectivity index is 2.03. The fourth-order valence-electron chi connectivity index (χ4n) is 1.64. The number of nitrogens with one attached hydrogen (secondary N) is 1. The van der Waals surface area contributed by atoms with Gasteiger partial charge in [-0.1, -0.05) is 30.8 Å². The van der Waals surface area contributed by atoms with E-state index in [1.54, 1.807) is 0 Å². The molecule has 1 atom stereocenters. The molecule has 0 radical (unpaired) electrons. The van der Waals surface area contributed by atoms with Gasteiger partial charge in [-0.05, 0) is 32.0 Å². The van der Waals surface area contributed by atoms with Crippen molar-refractivity contribution in [3.8, 4) is 6.07 Å². The van der Waals surface area contributed by atoms with Gasteiger partial charge in [-0.3, -0.25) is 5.32 Å². The molecule has 0 saturated carbocycles. The zero-order chi connectivity index (χ0) is 13.7. The second-order valence-electron chi connectivity index (χ2n) is 4.61. The van der Waals surface area contributed by atoms with Crippen molar-refractivity contribution in [2.75, 3.05) is 12.3 Å². The number of rotatable bonds is 6. The molecule has 1 heterocycles. The minimum absolute atomic E-state index is 0.554. The summed E-state index contributed by atoms with van der Waals surface area (Å²) in [6, 6.07) is 9.98. The second kappa shape index (κ2) is 6.09. The van der Waals surface area contributed by atoms with Crippen molar-refractivity contribution >= 4 is 22.9 Å². The van der Waals surface area contributed by atoms with Crippen molar-refractivity contribution in [2.24, 2.45) is 0 Å². The highest BCUT2D eigenvalue weighted by molar-refractivity contribution is 7.99. The minimum atomic E-state index is -0.554. The predicted octanol–water partition coefficient (Wildman–Crippen LogP) is 3.20. The van der Waals surface area contributed by atoms with E-state index < -0.39 is 5.54 Å². The number of para-hydroxylation sites is 2. The maximum absolute atomic E-state index is 9.25. The molecule has 0 saturated heterocycles. The SMILES string of the molecule is CCCNC(C)(C#N)CSc1nc2ccccc2o1. The Morgan fingerprint density at radius 2 is 2.26 bits per heavy atom. The van der Waals surface area contributed by atoms with Gasteiger partial charge in [0, 0.05) is 5.75 Å². The van der Waals surface area contributed by atoms with E-state index in [9.17, 15) is 5.26 Å². The van der Waals surface area contributed by atoms with Crippen LogP contribution in [-0.2, 0) is 0 Å². The summed E-state index contributed by atoms with van der Waals surface area (Å²) in [4.78, 5) is 4.39. The van der Waals surface area contributed by atoms with Crippen LogP contribution in [-0.4, -0.2) is 22.8 Å². The van der Waals surface area contributed by atoms with Gasteiger partial charge in [0.25, 0.3) is 5.22 Å². The number of oxazole rings is 1. The molecular weight excluding hydrogens is 258 g/mol. The van der Waals surface area contributed by atoms with Gasteiger partial charge in [0.15, 0.2) is 5.58 Å². The molecule has 0 spiro atoms. The van der Waals surface area contributed by atoms with Gasteiger partial charge in [-0.15, -0.1) is 0 Å². The summed E-state index contributed by atoms with van der Waals surface area (Å²) >= 11 is 1.47. The largest absolute Gasteiger partial charge is 0.431 e. The zero-order valence-electron chi connectivity index (χ0n) is 11.1. The highest BCUT2D eigenvalue weighted by atomic mass is 32.2. The van der Waals surface area contributed by atoms with E-state index in [4.69, 9.17) is 4.42 Å². The molecule has 1 aromatic carbocycles. The Morgan fingerprint density at radius 1 is 1.47 bits per heavy atom. The van der Waals surface area contributed by atoms with Crippen LogP contribution < -0.4 is 5.32 Å². The quantitative estimate of drug-likeness (QED) is 0.820. The highest BCUT2D eigenvalue weighted by Crippen LogP contribution is 2.25. The molecular formula is C14H17N3OS. The third kappa shape index (κ3) is 3.49.